The van der Waals surface area contributed by atoms with E-state index in [1.807, 2.05) is 29.9 Å². The molecule has 1 nitrogen and oxygen atoms in total. The van der Waals surface area contributed by atoms with Crippen LogP contribution in [0.15, 0.2) is 29.9 Å². The fourth-order valence-electron chi connectivity index (χ4n) is 1.26. The van der Waals surface area contributed by atoms with E-state index in [9.17, 15) is 0 Å². The first-order chi connectivity index (χ1) is 6.81. The molecule has 1 aromatic heterocycles. The summed E-state index contributed by atoms with van der Waals surface area (Å²) in [6.45, 7) is 0. The Labute approximate surface area is 99.9 Å². The third kappa shape index (κ3) is 2.00. The van der Waals surface area contributed by atoms with Gasteiger partial charge in [0.25, 0.3) is 0 Å². The topological polar surface area (TPSA) is 12.9 Å². The summed E-state index contributed by atoms with van der Waals surface area (Å²) < 4.78 is 0. The van der Waals surface area contributed by atoms with E-state index in [2.05, 4.69) is 20.9 Å². The lowest BCUT2D eigenvalue weighted by molar-refractivity contribution is 1.40. The molecule has 0 fully saturated rings. The first-order valence-electron chi connectivity index (χ1n) is 4.04. The number of hydrogen-bond donors (Lipinski definition) is 0. The lowest BCUT2D eigenvalue weighted by Crippen LogP contribution is -1.83. The van der Waals surface area contributed by atoms with Gasteiger partial charge < -0.3 is 0 Å². The lowest BCUT2D eigenvalue weighted by Gasteiger charge is -2.04. The van der Waals surface area contributed by atoms with Crippen LogP contribution in [0.2, 0.25) is 5.02 Å². The number of rotatable bonds is 2. The van der Waals surface area contributed by atoms with Crippen molar-refractivity contribution in [2.45, 2.75) is 5.33 Å². The van der Waals surface area contributed by atoms with Crippen LogP contribution in [0.3, 0.4) is 0 Å². The van der Waals surface area contributed by atoms with E-state index < -0.39 is 0 Å². The third-order valence-corrected chi connectivity index (χ3v) is 3.55. The maximum atomic E-state index is 5.92. The van der Waals surface area contributed by atoms with Crippen LogP contribution in [0, 0.1) is 0 Å². The Hall–Kier alpha value is -0.380. The zero-order valence-electron chi connectivity index (χ0n) is 7.21. The molecule has 0 atom stereocenters. The molecule has 0 saturated heterocycles. The molecule has 2 aromatic rings. The zero-order valence-corrected chi connectivity index (χ0v) is 10.4. The summed E-state index contributed by atoms with van der Waals surface area (Å²) in [5.74, 6) is 0. The Balaban J connectivity index is 2.53. The van der Waals surface area contributed by atoms with Gasteiger partial charge in [-0.2, -0.15) is 0 Å². The summed E-state index contributed by atoms with van der Waals surface area (Å²) >= 11 is 11.0. The molecule has 1 aromatic carbocycles. The van der Waals surface area contributed by atoms with Crippen molar-refractivity contribution in [3.63, 3.8) is 0 Å². The van der Waals surface area contributed by atoms with Crippen LogP contribution in [-0.2, 0) is 5.33 Å². The molecular formula is C10H7BrClNS. The molecule has 0 bridgehead atoms. The summed E-state index contributed by atoms with van der Waals surface area (Å²) in [5.41, 5.74) is 4.23. The maximum absolute atomic E-state index is 5.92. The van der Waals surface area contributed by atoms with E-state index in [1.54, 1.807) is 11.3 Å². The van der Waals surface area contributed by atoms with E-state index >= 15 is 0 Å². The molecule has 14 heavy (non-hydrogen) atoms. The Bertz CT molecular complexity index is 428. The highest BCUT2D eigenvalue weighted by Crippen LogP contribution is 2.30. The van der Waals surface area contributed by atoms with Crippen LogP contribution in [0.4, 0.5) is 0 Å². The van der Waals surface area contributed by atoms with Gasteiger partial charge in [-0.05, 0) is 23.3 Å². The van der Waals surface area contributed by atoms with Crippen LogP contribution in [0.1, 0.15) is 5.56 Å². The highest BCUT2D eigenvalue weighted by Gasteiger charge is 2.05. The van der Waals surface area contributed by atoms with Gasteiger partial charge in [-0.15, -0.1) is 11.3 Å². The standard InChI is InChI=1S/C10H7BrClNS/c11-4-7-3-8(12)1-2-9(7)10-5-13-6-14-10/h1-3,5-6H,4H2. The maximum Gasteiger partial charge on any atom is 0.0797 e. The summed E-state index contributed by atoms with van der Waals surface area (Å²) in [6, 6.07) is 5.92. The number of nitrogens with zero attached hydrogens (tertiary/aromatic N) is 1. The molecule has 0 N–H and O–H groups in total. The van der Waals surface area contributed by atoms with Crippen molar-refractivity contribution >= 4 is 38.9 Å². The number of thiazole rings is 1. The predicted molar refractivity (Wildman–Crippen MR) is 65.2 cm³/mol. The minimum atomic E-state index is 0.771. The van der Waals surface area contributed by atoms with E-state index in [1.165, 1.54) is 16.0 Å². The smallest absolute Gasteiger partial charge is 0.0797 e. The lowest BCUT2D eigenvalue weighted by atomic mass is 10.1. The van der Waals surface area contributed by atoms with E-state index in [0.717, 1.165) is 10.4 Å². The van der Waals surface area contributed by atoms with Gasteiger partial charge in [0.1, 0.15) is 0 Å². The molecule has 0 aliphatic heterocycles. The SMILES string of the molecule is Clc1ccc(-c2cncs2)c(CBr)c1. The molecule has 0 amide bonds. The second kappa shape index (κ2) is 4.43. The van der Waals surface area contributed by atoms with Crippen molar-refractivity contribution in [3.8, 4) is 10.4 Å². The summed E-state index contributed by atoms with van der Waals surface area (Å²) in [4.78, 5) is 5.24. The van der Waals surface area contributed by atoms with Crippen LogP contribution in [-0.4, -0.2) is 4.98 Å². The van der Waals surface area contributed by atoms with Crippen LogP contribution in [0.5, 0.6) is 0 Å². The monoisotopic (exact) mass is 287 g/mol. The van der Waals surface area contributed by atoms with Crippen molar-refractivity contribution in [2.24, 2.45) is 0 Å². The van der Waals surface area contributed by atoms with Gasteiger partial charge in [0.2, 0.25) is 0 Å². The fraction of sp³-hybridized carbons (Fsp3) is 0.100. The minimum Gasteiger partial charge on any atom is -0.252 e. The quantitative estimate of drug-likeness (QED) is 0.748. The Kier molecular flexibility index (Phi) is 3.21. The van der Waals surface area contributed by atoms with Gasteiger partial charge in [0.05, 0.1) is 10.4 Å². The summed E-state index contributed by atoms with van der Waals surface area (Å²) in [5, 5.41) is 1.58. The van der Waals surface area contributed by atoms with Gasteiger partial charge in [-0.3, -0.25) is 4.98 Å². The molecule has 0 radical (unpaired) electrons. The number of aromatic nitrogens is 1. The second-order valence-corrected chi connectivity index (χ2v) is 4.68. The zero-order chi connectivity index (χ0) is 9.97. The number of benzene rings is 1. The number of hydrogen-bond acceptors (Lipinski definition) is 2. The first-order valence-corrected chi connectivity index (χ1v) is 6.42. The van der Waals surface area contributed by atoms with Crippen molar-refractivity contribution in [1.82, 2.24) is 4.98 Å². The normalized spacial score (nSPS) is 10.4. The second-order valence-electron chi connectivity index (χ2n) is 2.80. The Morgan fingerprint density at radius 3 is 2.93 bits per heavy atom. The van der Waals surface area contributed by atoms with Gasteiger partial charge in [0.15, 0.2) is 0 Å². The van der Waals surface area contributed by atoms with Gasteiger partial charge >= 0.3 is 0 Å². The van der Waals surface area contributed by atoms with Crippen molar-refractivity contribution < 1.29 is 0 Å². The molecule has 0 aliphatic rings. The Morgan fingerprint density at radius 1 is 1.43 bits per heavy atom. The summed E-state index contributed by atoms with van der Waals surface area (Å²) in [7, 11) is 0. The fourth-order valence-corrected chi connectivity index (χ4v) is 2.60. The van der Waals surface area contributed by atoms with Crippen LogP contribution >= 0.6 is 38.9 Å². The molecule has 2 rings (SSSR count). The number of alkyl halides is 1. The Morgan fingerprint density at radius 2 is 2.29 bits per heavy atom. The van der Waals surface area contributed by atoms with Crippen molar-refractivity contribution in [3.05, 3.63) is 40.5 Å². The first kappa shape index (κ1) is 10.1. The largest absolute Gasteiger partial charge is 0.252 e. The van der Waals surface area contributed by atoms with Gasteiger partial charge in [0, 0.05) is 16.5 Å². The molecular weight excluding hydrogens is 282 g/mol. The molecule has 72 valence electrons. The van der Waals surface area contributed by atoms with Crippen LogP contribution in [0.25, 0.3) is 10.4 Å². The van der Waals surface area contributed by atoms with E-state index in [4.69, 9.17) is 11.6 Å². The average molecular weight is 289 g/mol. The number of halogens is 2. The van der Waals surface area contributed by atoms with Crippen LogP contribution < -0.4 is 0 Å². The molecule has 0 aliphatic carbocycles. The molecule has 0 saturated carbocycles. The highest BCUT2D eigenvalue weighted by molar-refractivity contribution is 9.08. The minimum absolute atomic E-state index is 0.771. The molecule has 0 unspecified atom stereocenters. The third-order valence-electron chi connectivity index (χ3n) is 1.91. The summed E-state index contributed by atoms with van der Waals surface area (Å²) in [6.07, 6.45) is 1.88. The highest BCUT2D eigenvalue weighted by atomic mass is 79.9. The average Bonchev–Trinajstić information content (AvgIpc) is 2.70. The molecule has 0 spiro atoms. The molecule has 4 heteroatoms. The van der Waals surface area contributed by atoms with Gasteiger partial charge in [-0.1, -0.05) is 33.6 Å². The van der Waals surface area contributed by atoms with Crippen molar-refractivity contribution in [1.29, 1.82) is 0 Å². The molecule has 1 heterocycles. The van der Waals surface area contributed by atoms with Gasteiger partial charge in [-0.25, -0.2) is 0 Å². The van der Waals surface area contributed by atoms with Crippen molar-refractivity contribution in [2.75, 3.05) is 0 Å². The van der Waals surface area contributed by atoms with E-state index in [-0.39, 0.29) is 0 Å². The predicted octanol–water partition coefficient (Wildman–Crippen LogP) is 4.36. The van der Waals surface area contributed by atoms with E-state index in [0.29, 0.717) is 0 Å².